The Kier molecular flexibility index (Phi) is 46.8. The number of nitrogens with zero attached hydrogens (tertiary/aromatic N) is 1. The average Bonchev–Trinajstić information content (AvgIpc) is 3.31. The molecule has 398 valence electrons. The zero-order valence-corrected chi connectivity index (χ0v) is 46.2. The second-order valence-corrected chi connectivity index (χ2v) is 21.2. The van der Waals surface area contributed by atoms with Gasteiger partial charge in [-0.1, -0.05) is 202 Å². The van der Waals surface area contributed by atoms with E-state index in [4.69, 9.17) is 13.8 Å². The van der Waals surface area contributed by atoms with Crippen molar-refractivity contribution in [2.75, 3.05) is 40.9 Å². The number of hydrogen-bond donors (Lipinski definition) is 2. The maximum atomic E-state index is 13.5. The molecular formula is C59H106N2O7P+. The molecule has 0 aromatic rings. The molecule has 1 amide bonds. The van der Waals surface area contributed by atoms with Gasteiger partial charge in [0.2, 0.25) is 5.91 Å². The van der Waals surface area contributed by atoms with Crippen LogP contribution in [0, 0.1) is 0 Å². The van der Waals surface area contributed by atoms with E-state index in [1.165, 1.54) is 96.3 Å². The number of unbranched alkanes of at least 4 members (excludes halogenated alkanes) is 21. The van der Waals surface area contributed by atoms with Crippen LogP contribution >= 0.6 is 7.82 Å². The monoisotopic (exact) mass is 986 g/mol. The molecule has 3 unspecified atom stereocenters. The number of amides is 1. The number of phosphoric ester groups is 1. The number of hydrogen-bond acceptors (Lipinski definition) is 6. The summed E-state index contributed by atoms with van der Waals surface area (Å²) in [5, 5.41) is 3.02. The Balaban J connectivity index is 5.45. The van der Waals surface area contributed by atoms with Crippen LogP contribution in [-0.4, -0.2) is 74.3 Å². The summed E-state index contributed by atoms with van der Waals surface area (Å²) in [4.78, 5) is 37.5. The predicted molar refractivity (Wildman–Crippen MR) is 295 cm³/mol. The van der Waals surface area contributed by atoms with Gasteiger partial charge in [0.25, 0.3) is 0 Å². The van der Waals surface area contributed by atoms with Gasteiger partial charge in [0.05, 0.1) is 33.8 Å². The topological polar surface area (TPSA) is 111 Å². The molecule has 0 heterocycles. The van der Waals surface area contributed by atoms with Crippen molar-refractivity contribution >= 4 is 19.7 Å². The SMILES string of the molecule is CC/C=C\C/C=C\C/C=C\C/C=C\C/C=C\CCCC(=O)OC(/C=C/CCCCCCCCCCC)C(COP(=O)(O)OCC[N+](C)(C)C)NC(=O)CCCCCCCCC/C=C\CCCCCC. The number of carbonyl (C=O) groups excluding carboxylic acids is 2. The lowest BCUT2D eigenvalue weighted by atomic mass is 10.1. The van der Waals surface area contributed by atoms with Gasteiger partial charge >= 0.3 is 13.8 Å². The molecule has 0 bridgehead atoms. The minimum atomic E-state index is -4.46. The number of quaternary nitrogens is 1. The second kappa shape index (κ2) is 48.8. The van der Waals surface area contributed by atoms with E-state index in [0.29, 0.717) is 23.9 Å². The van der Waals surface area contributed by atoms with Crippen molar-refractivity contribution in [1.29, 1.82) is 0 Å². The van der Waals surface area contributed by atoms with Crippen LogP contribution in [0.1, 0.15) is 226 Å². The number of phosphoric acid groups is 1. The van der Waals surface area contributed by atoms with Gasteiger partial charge in [-0.05, 0) is 96.0 Å². The first-order valence-electron chi connectivity index (χ1n) is 27.9. The Bertz CT molecular complexity index is 1460. The van der Waals surface area contributed by atoms with E-state index in [2.05, 4.69) is 99.0 Å². The van der Waals surface area contributed by atoms with E-state index in [1.807, 2.05) is 33.3 Å². The second-order valence-electron chi connectivity index (χ2n) is 19.7. The summed E-state index contributed by atoms with van der Waals surface area (Å²) in [5.74, 6) is -0.584. The molecule has 0 radical (unpaired) electrons. The third-order valence-electron chi connectivity index (χ3n) is 11.8. The number of nitrogens with one attached hydrogen (secondary N) is 1. The van der Waals surface area contributed by atoms with Crippen LogP contribution in [0.4, 0.5) is 0 Å². The normalized spacial score (nSPS) is 14.5. The minimum absolute atomic E-state index is 0.0273. The Morgan fingerprint density at radius 3 is 1.45 bits per heavy atom. The predicted octanol–water partition coefficient (Wildman–Crippen LogP) is 16.7. The molecule has 0 aromatic heterocycles. The van der Waals surface area contributed by atoms with Crippen LogP contribution < -0.4 is 5.32 Å². The van der Waals surface area contributed by atoms with E-state index in [-0.39, 0.29) is 31.5 Å². The lowest BCUT2D eigenvalue weighted by Crippen LogP contribution is -2.47. The average molecular weight is 986 g/mol. The van der Waals surface area contributed by atoms with E-state index in [0.717, 1.165) is 89.9 Å². The first kappa shape index (κ1) is 66.2. The molecule has 0 aliphatic carbocycles. The first-order chi connectivity index (χ1) is 33.4. The highest BCUT2D eigenvalue weighted by atomic mass is 31.2. The molecule has 0 rings (SSSR count). The number of allylic oxidation sites excluding steroid dienone is 13. The molecule has 69 heavy (non-hydrogen) atoms. The van der Waals surface area contributed by atoms with E-state index >= 15 is 0 Å². The molecular weight excluding hydrogens is 880 g/mol. The molecule has 0 fully saturated rings. The number of likely N-dealkylation sites (N-methyl/N-ethyl adjacent to an activating group) is 1. The molecule has 10 heteroatoms. The zero-order valence-electron chi connectivity index (χ0n) is 45.3. The molecule has 0 aromatic carbocycles. The summed E-state index contributed by atoms with van der Waals surface area (Å²) >= 11 is 0. The highest BCUT2D eigenvalue weighted by Crippen LogP contribution is 2.43. The summed E-state index contributed by atoms with van der Waals surface area (Å²) in [6, 6.07) is -0.875. The largest absolute Gasteiger partial charge is 0.472 e. The van der Waals surface area contributed by atoms with Crippen LogP contribution in [0.5, 0.6) is 0 Å². The third-order valence-corrected chi connectivity index (χ3v) is 12.8. The third kappa shape index (κ3) is 49.9. The van der Waals surface area contributed by atoms with Crippen molar-refractivity contribution in [1.82, 2.24) is 5.32 Å². The Morgan fingerprint density at radius 1 is 0.522 bits per heavy atom. The van der Waals surface area contributed by atoms with Crippen LogP contribution in [0.15, 0.2) is 85.1 Å². The quantitative estimate of drug-likeness (QED) is 0.0205. The molecule has 0 spiro atoms. The highest BCUT2D eigenvalue weighted by molar-refractivity contribution is 7.47. The zero-order chi connectivity index (χ0) is 50.8. The standard InChI is InChI=1S/C59H105N2O7P/c1-7-10-13-16-19-22-25-27-29-30-32-34-37-40-43-46-49-52-59(63)68-57(50-47-44-41-38-35-24-21-18-15-12-9-3)56(55-67-69(64,65)66-54-53-61(4,5)6)60-58(62)51-48-45-42-39-36-33-31-28-26-23-20-17-14-11-8-2/h10,13,19,22-23,26-27,29,32,34,40,43,47,50,56-57H,7-9,11-12,14-18,20-21,24-25,28,30-31,33,35-39,41-42,44-46,48-49,51-55H2,1-6H3,(H-,60,62,64,65)/p+1/b13-10-,22-19-,26-23-,29-27-,34-32-,43-40-,50-47+. The molecule has 0 aliphatic rings. The van der Waals surface area contributed by atoms with Crippen LogP contribution in [-0.2, 0) is 27.9 Å². The fourth-order valence-electron chi connectivity index (χ4n) is 7.50. The van der Waals surface area contributed by atoms with Gasteiger partial charge < -0.3 is 19.4 Å². The van der Waals surface area contributed by atoms with Crippen molar-refractivity contribution in [3.8, 4) is 0 Å². The van der Waals surface area contributed by atoms with Crippen molar-refractivity contribution < 1.29 is 37.3 Å². The molecule has 0 saturated heterocycles. The smallest absolute Gasteiger partial charge is 0.456 e. The summed E-state index contributed by atoms with van der Waals surface area (Å²) in [6.45, 7) is 6.82. The first-order valence-corrected chi connectivity index (χ1v) is 29.4. The van der Waals surface area contributed by atoms with E-state index < -0.39 is 20.0 Å². The van der Waals surface area contributed by atoms with Gasteiger partial charge in [-0.15, -0.1) is 0 Å². The molecule has 0 aliphatic heterocycles. The van der Waals surface area contributed by atoms with E-state index in [1.54, 1.807) is 0 Å². The number of carbonyl (C=O) groups is 2. The minimum Gasteiger partial charge on any atom is -0.456 e. The summed E-state index contributed by atoms with van der Waals surface area (Å²) < 4.78 is 30.5. The van der Waals surface area contributed by atoms with Gasteiger partial charge in [-0.25, -0.2) is 4.57 Å². The van der Waals surface area contributed by atoms with Crippen molar-refractivity contribution in [3.63, 3.8) is 0 Å². The van der Waals surface area contributed by atoms with Crippen molar-refractivity contribution in [3.05, 3.63) is 85.1 Å². The van der Waals surface area contributed by atoms with Crippen molar-refractivity contribution in [2.45, 2.75) is 238 Å². The molecule has 3 atom stereocenters. The summed E-state index contributed by atoms with van der Waals surface area (Å²) in [7, 11) is 1.45. The molecule has 9 nitrogen and oxygen atoms in total. The Labute approximate surface area is 425 Å². The maximum Gasteiger partial charge on any atom is 0.472 e. The fraction of sp³-hybridized carbons (Fsp3) is 0.729. The highest BCUT2D eigenvalue weighted by Gasteiger charge is 2.30. The number of rotatable bonds is 49. The van der Waals surface area contributed by atoms with Crippen LogP contribution in [0.2, 0.25) is 0 Å². The molecule has 0 saturated carbocycles. The van der Waals surface area contributed by atoms with Gasteiger partial charge in [0.1, 0.15) is 19.3 Å². The van der Waals surface area contributed by atoms with Gasteiger partial charge in [-0.3, -0.25) is 18.6 Å². The molecule has 2 N–H and O–H groups in total. The van der Waals surface area contributed by atoms with Gasteiger partial charge in [0.15, 0.2) is 0 Å². The van der Waals surface area contributed by atoms with Gasteiger partial charge in [0, 0.05) is 12.8 Å². The Morgan fingerprint density at radius 2 is 0.942 bits per heavy atom. The van der Waals surface area contributed by atoms with Crippen LogP contribution in [0.25, 0.3) is 0 Å². The Hall–Kier alpha value is -2.81. The maximum absolute atomic E-state index is 13.5. The van der Waals surface area contributed by atoms with Crippen LogP contribution in [0.3, 0.4) is 0 Å². The number of esters is 1. The van der Waals surface area contributed by atoms with Gasteiger partial charge in [-0.2, -0.15) is 0 Å². The lowest BCUT2D eigenvalue weighted by Gasteiger charge is -2.27. The lowest BCUT2D eigenvalue weighted by molar-refractivity contribution is -0.870. The van der Waals surface area contributed by atoms with E-state index in [9.17, 15) is 19.0 Å². The summed E-state index contributed by atoms with van der Waals surface area (Å²) in [6.07, 6.45) is 63.0. The fourth-order valence-corrected chi connectivity index (χ4v) is 8.23. The van der Waals surface area contributed by atoms with Crippen molar-refractivity contribution in [2.24, 2.45) is 0 Å². The number of ether oxygens (including phenoxy) is 1. The summed E-state index contributed by atoms with van der Waals surface area (Å²) in [5.41, 5.74) is 0.